The Labute approximate surface area is 115 Å². The molecule has 0 spiro atoms. The van der Waals surface area contributed by atoms with Crippen LogP contribution in [0.25, 0.3) is 0 Å². The van der Waals surface area contributed by atoms with Crippen molar-refractivity contribution >= 4 is 11.6 Å². The van der Waals surface area contributed by atoms with E-state index in [1.165, 1.54) is 31.4 Å². The van der Waals surface area contributed by atoms with E-state index < -0.39 is 11.7 Å². The van der Waals surface area contributed by atoms with E-state index in [9.17, 15) is 14.3 Å². The van der Waals surface area contributed by atoms with E-state index in [2.05, 4.69) is 5.32 Å². The quantitative estimate of drug-likeness (QED) is 0.902. The Morgan fingerprint density at radius 1 is 1.30 bits per heavy atom. The van der Waals surface area contributed by atoms with Gasteiger partial charge in [-0.1, -0.05) is 18.2 Å². The summed E-state index contributed by atoms with van der Waals surface area (Å²) >= 11 is 0. The number of carbonyl (C=O) groups is 1. The van der Waals surface area contributed by atoms with Crippen molar-refractivity contribution in [3.63, 3.8) is 0 Å². The molecule has 2 N–H and O–H groups in total. The number of aromatic hydroxyl groups is 1. The van der Waals surface area contributed by atoms with Crippen LogP contribution in [-0.2, 0) is 11.2 Å². The number of phenolic OH excluding ortho intramolecular Hbond substituents is 1. The average molecular weight is 275 g/mol. The number of halogens is 1. The van der Waals surface area contributed by atoms with E-state index in [1.54, 1.807) is 18.2 Å². The molecule has 0 aliphatic rings. The van der Waals surface area contributed by atoms with Crippen LogP contribution in [-0.4, -0.2) is 18.1 Å². The molecule has 0 fully saturated rings. The van der Waals surface area contributed by atoms with Crippen molar-refractivity contribution in [1.82, 2.24) is 0 Å². The fourth-order valence-electron chi connectivity index (χ4n) is 1.75. The van der Waals surface area contributed by atoms with Gasteiger partial charge in [-0.05, 0) is 18.2 Å². The van der Waals surface area contributed by atoms with E-state index in [1.807, 2.05) is 0 Å². The lowest BCUT2D eigenvalue weighted by atomic mass is 10.1. The van der Waals surface area contributed by atoms with Crippen LogP contribution >= 0.6 is 0 Å². The molecule has 0 saturated carbocycles. The fourth-order valence-corrected chi connectivity index (χ4v) is 1.75. The highest BCUT2D eigenvalue weighted by molar-refractivity contribution is 5.92. The van der Waals surface area contributed by atoms with Crippen LogP contribution < -0.4 is 10.1 Å². The zero-order valence-electron chi connectivity index (χ0n) is 10.9. The predicted octanol–water partition coefficient (Wildman–Crippen LogP) is 2.72. The first-order valence-electron chi connectivity index (χ1n) is 6.00. The fraction of sp³-hybridized carbons (Fsp3) is 0.133. The van der Waals surface area contributed by atoms with E-state index >= 15 is 0 Å². The van der Waals surface area contributed by atoms with Crippen LogP contribution in [0.5, 0.6) is 11.5 Å². The van der Waals surface area contributed by atoms with Crippen LogP contribution in [0.1, 0.15) is 5.56 Å². The summed E-state index contributed by atoms with van der Waals surface area (Å²) in [6.45, 7) is 0. The van der Waals surface area contributed by atoms with Crippen molar-refractivity contribution < 1.29 is 19.0 Å². The first-order valence-corrected chi connectivity index (χ1v) is 6.00. The summed E-state index contributed by atoms with van der Waals surface area (Å²) in [5.41, 5.74) is 0.526. The molecular formula is C15H14FNO3. The van der Waals surface area contributed by atoms with Crippen LogP contribution in [0.3, 0.4) is 0 Å². The molecule has 2 aromatic carbocycles. The number of anilines is 1. The molecule has 0 atom stereocenters. The Balaban J connectivity index is 2.10. The zero-order chi connectivity index (χ0) is 14.5. The maximum absolute atomic E-state index is 13.6. The van der Waals surface area contributed by atoms with Gasteiger partial charge in [-0.2, -0.15) is 0 Å². The van der Waals surface area contributed by atoms with Gasteiger partial charge in [0.2, 0.25) is 5.91 Å². The molecule has 0 aromatic heterocycles. The van der Waals surface area contributed by atoms with E-state index in [0.29, 0.717) is 11.3 Å². The molecule has 1 amide bonds. The maximum atomic E-state index is 13.6. The highest BCUT2D eigenvalue weighted by atomic mass is 19.1. The molecule has 0 aliphatic carbocycles. The number of hydrogen-bond acceptors (Lipinski definition) is 3. The number of benzene rings is 2. The summed E-state index contributed by atoms with van der Waals surface area (Å²) in [5, 5.41) is 12.0. The van der Waals surface area contributed by atoms with Gasteiger partial charge < -0.3 is 15.2 Å². The summed E-state index contributed by atoms with van der Waals surface area (Å²) in [6, 6.07) is 10.6. The maximum Gasteiger partial charge on any atom is 0.229 e. The lowest BCUT2D eigenvalue weighted by Crippen LogP contribution is -2.15. The summed E-state index contributed by atoms with van der Waals surface area (Å²) in [5.74, 6) is -0.479. The Bertz CT molecular complexity index is 628. The molecule has 0 aliphatic heterocycles. The van der Waals surface area contributed by atoms with Crippen molar-refractivity contribution in [2.75, 3.05) is 12.4 Å². The number of rotatable bonds is 4. The van der Waals surface area contributed by atoms with Crippen LogP contribution in [0.2, 0.25) is 0 Å². The van der Waals surface area contributed by atoms with E-state index in [4.69, 9.17) is 4.74 Å². The van der Waals surface area contributed by atoms with Crippen molar-refractivity contribution in [2.45, 2.75) is 6.42 Å². The van der Waals surface area contributed by atoms with Gasteiger partial charge in [0.05, 0.1) is 19.2 Å². The van der Waals surface area contributed by atoms with E-state index in [-0.39, 0.29) is 17.9 Å². The largest absolute Gasteiger partial charge is 0.508 e. The third kappa shape index (κ3) is 3.26. The summed E-state index contributed by atoms with van der Waals surface area (Å²) in [7, 11) is 1.46. The lowest BCUT2D eigenvalue weighted by molar-refractivity contribution is -0.115. The predicted molar refractivity (Wildman–Crippen MR) is 73.4 cm³/mol. The average Bonchev–Trinajstić information content (AvgIpc) is 2.44. The number of phenols is 1. The zero-order valence-corrected chi connectivity index (χ0v) is 10.9. The lowest BCUT2D eigenvalue weighted by Gasteiger charge is -2.09. The van der Waals surface area contributed by atoms with Crippen LogP contribution in [0.15, 0.2) is 42.5 Å². The second kappa shape index (κ2) is 6.06. The highest BCUT2D eigenvalue weighted by Gasteiger charge is 2.11. The monoisotopic (exact) mass is 275 g/mol. The molecule has 5 heteroatoms. The number of carbonyl (C=O) groups excluding carboxylic acids is 1. The summed E-state index contributed by atoms with van der Waals surface area (Å²) < 4.78 is 18.5. The minimum absolute atomic E-state index is 0.0359. The molecule has 0 radical (unpaired) electrons. The van der Waals surface area contributed by atoms with Crippen molar-refractivity contribution in [3.8, 4) is 11.5 Å². The molecule has 2 aromatic rings. The van der Waals surface area contributed by atoms with Crippen LogP contribution in [0, 0.1) is 5.82 Å². The molecular weight excluding hydrogens is 261 g/mol. The molecule has 0 bridgehead atoms. The van der Waals surface area contributed by atoms with Crippen molar-refractivity contribution in [1.29, 1.82) is 0 Å². The van der Waals surface area contributed by atoms with Crippen molar-refractivity contribution in [3.05, 3.63) is 53.8 Å². The smallest absolute Gasteiger partial charge is 0.229 e. The standard InChI is InChI=1S/C15H14FNO3/c1-20-11-6-7-12(16)13(9-11)17-15(19)8-10-4-2-3-5-14(10)18/h2-7,9,18H,8H2,1H3,(H,17,19). The molecule has 20 heavy (non-hydrogen) atoms. The SMILES string of the molecule is COc1ccc(F)c(NC(=O)Cc2ccccc2O)c1. The van der Waals surface area contributed by atoms with Gasteiger partial charge in [-0.15, -0.1) is 0 Å². The minimum atomic E-state index is -0.545. The van der Waals surface area contributed by atoms with Gasteiger partial charge in [-0.3, -0.25) is 4.79 Å². The Morgan fingerprint density at radius 2 is 2.05 bits per heavy atom. The Morgan fingerprint density at radius 3 is 2.75 bits per heavy atom. The van der Waals surface area contributed by atoms with Gasteiger partial charge in [-0.25, -0.2) is 4.39 Å². The van der Waals surface area contributed by atoms with Gasteiger partial charge in [0.1, 0.15) is 17.3 Å². The Kier molecular flexibility index (Phi) is 4.20. The number of hydrogen-bond donors (Lipinski definition) is 2. The molecule has 0 unspecified atom stereocenters. The van der Waals surface area contributed by atoms with Crippen molar-refractivity contribution in [2.24, 2.45) is 0 Å². The molecule has 0 heterocycles. The molecule has 0 saturated heterocycles. The molecule has 104 valence electrons. The number of ether oxygens (including phenoxy) is 1. The molecule has 2 rings (SSSR count). The van der Waals surface area contributed by atoms with E-state index in [0.717, 1.165) is 0 Å². The first-order chi connectivity index (χ1) is 9.60. The third-order valence-corrected chi connectivity index (χ3v) is 2.79. The summed E-state index contributed by atoms with van der Waals surface area (Å²) in [6.07, 6.45) is -0.0384. The van der Waals surface area contributed by atoms with Gasteiger partial charge in [0, 0.05) is 11.6 Å². The van der Waals surface area contributed by atoms with Gasteiger partial charge >= 0.3 is 0 Å². The Hall–Kier alpha value is -2.56. The number of amides is 1. The normalized spacial score (nSPS) is 10.1. The third-order valence-electron chi connectivity index (χ3n) is 2.79. The van der Waals surface area contributed by atoms with Gasteiger partial charge in [0.15, 0.2) is 0 Å². The highest BCUT2D eigenvalue weighted by Crippen LogP contribution is 2.22. The summed E-state index contributed by atoms with van der Waals surface area (Å²) in [4.78, 5) is 11.9. The number of para-hydroxylation sites is 1. The minimum Gasteiger partial charge on any atom is -0.508 e. The second-order valence-electron chi connectivity index (χ2n) is 4.20. The second-order valence-corrected chi connectivity index (χ2v) is 4.20. The van der Waals surface area contributed by atoms with Gasteiger partial charge in [0.25, 0.3) is 0 Å². The number of nitrogens with one attached hydrogen (secondary N) is 1. The number of methoxy groups -OCH3 is 1. The first kappa shape index (κ1) is 13.9. The molecule has 4 nitrogen and oxygen atoms in total. The topological polar surface area (TPSA) is 58.6 Å². The van der Waals surface area contributed by atoms with Crippen LogP contribution in [0.4, 0.5) is 10.1 Å².